The van der Waals surface area contributed by atoms with E-state index in [9.17, 15) is 9.59 Å². The molecule has 0 radical (unpaired) electrons. The summed E-state index contributed by atoms with van der Waals surface area (Å²) in [5.74, 6) is 0.983. The number of amides is 1. The van der Waals surface area contributed by atoms with Crippen LogP contribution in [0.3, 0.4) is 0 Å². The first-order valence-electron chi connectivity index (χ1n) is 10.9. The van der Waals surface area contributed by atoms with Crippen LogP contribution in [0, 0.1) is 0 Å². The Hall–Kier alpha value is -4.00. The second-order valence-electron chi connectivity index (χ2n) is 8.35. The van der Waals surface area contributed by atoms with Crippen LogP contribution in [0.5, 0.6) is 5.75 Å². The maximum atomic E-state index is 13.1. The first kappa shape index (κ1) is 20.9. The molecule has 0 spiro atoms. The van der Waals surface area contributed by atoms with Crippen LogP contribution in [0.15, 0.2) is 66.7 Å². The highest BCUT2D eigenvalue weighted by Crippen LogP contribution is 2.47. The summed E-state index contributed by atoms with van der Waals surface area (Å²) in [6, 6.07) is 20.9. The largest absolute Gasteiger partial charge is 0.493 e. The van der Waals surface area contributed by atoms with Crippen LogP contribution in [0.25, 0.3) is 16.9 Å². The number of methoxy groups -OCH3 is 1. The lowest BCUT2D eigenvalue weighted by Gasteiger charge is -2.12. The van der Waals surface area contributed by atoms with Crippen molar-refractivity contribution in [3.05, 3.63) is 83.7 Å². The highest BCUT2D eigenvalue weighted by molar-refractivity contribution is 5.95. The summed E-state index contributed by atoms with van der Waals surface area (Å²) in [5.41, 5.74) is 3.08. The molecule has 7 nitrogen and oxygen atoms in total. The Morgan fingerprint density at radius 1 is 1.06 bits per heavy atom. The zero-order valence-corrected chi connectivity index (χ0v) is 18.5. The fraction of sp³-hybridized carbons (Fsp3) is 0.231. The number of ether oxygens (including phenoxy) is 1. The molecule has 5 rings (SSSR count). The van der Waals surface area contributed by atoms with Gasteiger partial charge in [-0.05, 0) is 43.5 Å². The number of carbonyl (C=O) groups excluding carboxylic acids is 2. The maximum Gasteiger partial charge on any atom is 0.234 e. The number of nitrogens with one attached hydrogen (secondary N) is 1. The van der Waals surface area contributed by atoms with Crippen molar-refractivity contribution in [1.29, 1.82) is 0 Å². The maximum absolute atomic E-state index is 13.1. The molecule has 33 heavy (non-hydrogen) atoms. The van der Waals surface area contributed by atoms with Crippen molar-refractivity contribution in [1.82, 2.24) is 19.9 Å². The van der Waals surface area contributed by atoms with Crippen LogP contribution in [0.2, 0.25) is 0 Å². The van der Waals surface area contributed by atoms with Gasteiger partial charge in [-0.2, -0.15) is 0 Å². The number of benzene rings is 2. The number of rotatable bonds is 7. The average Bonchev–Trinajstić information content (AvgIpc) is 3.54. The number of ketones is 1. The zero-order valence-electron chi connectivity index (χ0n) is 18.5. The highest BCUT2D eigenvalue weighted by atomic mass is 16.5. The van der Waals surface area contributed by atoms with Gasteiger partial charge < -0.3 is 10.1 Å². The van der Waals surface area contributed by atoms with Gasteiger partial charge in [0.15, 0.2) is 23.0 Å². The number of carbonyl (C=O) groups is 2. The number of fused-ring (bicyclic) bond motifs is 1. The van der Waals surface area contributed by atoms with Crippen molar-refractivity contribution in [2.75, 3.05) is 7.11 Å². The van der Waals surface area contributed by atoms with Crippen molar-refractivity contribution in [2.45, 2.75) is 31.7 Å². The molecule has 0 saturated heterocycles. The molecule has 1 N–H and O–H groups in total. The average molecular weight is 441 g/mol. The zero-order chi connectivity index (χ0) is 23.0. The highest BCUT2D eigenvalue weighted by Gasteiger charge is 2.54. The van der Waals surface area contributed by atoms with E-state index >= 15 is 0 Å². The first-order chi connectivity index (χ1) is 16.0. The monoisotopic (exact) mass is 440 g/mol. The molecule has 2 aromatic carbocycles. The van der Waals surface area contributed by atoms with Crippen molar-refractivity contribution < 1.29 is 14.3 Å². The van der Waals surface area contributed by atoms with E-state index in [1.165, 1.54) is 0 Å². The molecule has 0 bridgehead atoms. The Labute approximate surface area is 191 Å². The van der Waals surface area contributed by atoms with E-state index in [2.05, 4.69) is 5.32 Å². The van der Waals surface area contributed by atoms with Crippen LogP contribution < -0.4 is 10.1 Å². The minimum Gasteiger partial charge on any atom is -0.493 e. The molecule has 2 aromatic heterocycles. The molecular formula is C26H24N4O3. The molecule has 2 heterocycles. The van der Waals surface area contributed by atoms with Gasteiger partial charge in [-0.15, -0.1) is 5.10 Å². The number of hydrogen-bond acceptors (Lipinski definition) is 5. The summed E-state index contributed by atoms with van der Waals surface area (Å²) in [5, 5.41) is 7.80. The third-order valence-corrected chi connectivity index (χ3v) is 6.14. The molecule has 1 fully saturated rings. The third kappa shape index (κ3) is 3.75. The van der Waals surface area contributed by atoms with Crippen LogP contribution >= 0.6 is 0 Å². The molecule has 4 aromatic rings. The first-order valence-corrected chi connectivity index (χ1v) is 10.9. The van der Waals surface area contributed by atoms with E-state index in [1.807, 2.05) is 60.7 Å². The van der Waals surface area contributed by atoms with E-state index in [0.29, 0.717) is 42.2 Å². The summed E-state index contributed by atoms with van der Waals surface area (Å²) < 4.78 is 7.22. The Morgan fingerprint density at radius 2 is 1.85 bits per heavy atom. The number of hydrogen-bond donors (Lipinski definition) is 1. The normalized spacial score (nSPS) is 14.1. The second-order valence-corrected chi connectivity index (χ2v) is 8.35. The quantitative estimate of drug-likeness (QED) is 0.440. The molecule has 0 unspecified atom stereocenters. The number of aromatic nitrogens is 3. The molecule has 0 atom stereocenters. The van der Waals surface area contributed by atoms with E-state index in [4.69, 9.17) is 14.8 Å². The van der Waals surface area contributed by atoms with Crippen LogP contribution in [-0.4, -0.2) is 33.4 Å². The van der Waals surface area contributed by atoms with Crippen LogP contribution in [0.4, 0.5) is 0 Å². The van der Waals surface area contributed by atoms with Gasteiger partial charge in [-0.3, -0.25) is 9.59 Å². The van der Waals surface area contributed by atoms with Crippen LogP contribution in [-0.2, 0) is 16.8 Å². The fourth-order valence-electron chi connectivity index (χ4n) is 4.04. The van der Waals surface area contributed by atoms with Gasteiger partial charge in [0.25, 0.3) is 0 Å². The third-order valence-electron chi connectivity index (χ3n) is 6.14. The summed E-state index contributed by atoms with van der Waals surface area (Å²) in [4.78, 5) is 29.8. The van der Waals surface area contributed by atoms with Gasteiger partial charge in [-0.25, -0.2) is 9.50 Å². The topological polar surface area (TPSA) is 85.6 Å². The van der Waals surface area contributed by atoms with Crippen molar-refractivity contribution >= 4 is 17.3 Å². The van der Waals surface area contributed by atoms with Gasteiger partial charge in [0.2, 0.25) is 5.91 Å². The van der Waals surface area contributed by atoms with Gasteiger partial charge in [0.1, 0.15) is 5.41 Å². The van der Waals surface area contributed by atoms with E-state index in [0.717, 1.165) is 16.8 Å². The molecule has 1 aliphatic rings. The summed E-state index contributed by atoms with van der Waals surface area (Å²) in [6.07, 6.45) is 1.39. The van der Waals surface area contributed by atoms with Crippen molar-refractivity contribution in [2.24, 2.45) is 0 Å². The number of nitrogens with zero attached hydrogens (tertiary/aromatic N) is 3. The van der Waals surface area contributed by atoms with Gasteiger partial charge in [-0.1, -0.05) is 48.5 Å². The van der Waals surface area contributed by atoms with Crippen molar-refractivity contribution in [3.8, 4) is 17.0 Å². The number of pyridine rings is 1. The Balaban J connectivity index is 1.52. The molecule has 7 heteroatoms. The molecule has 0 aliphatic heterocycles. The summed E-state index contributed by atoms with van der Waals surface area (Å²) >= 11 is 0. The fourth-order valence-corrected chi connectivity index (χ4v) is 4.04. The Kier molecular flexibility index (Phi) is 5.17. The van der Waals surface area contributed by atoms with Crippen LogP contribution in [0.1, 0.15) is 41.5 Å². The lowest BCUT2D eigenvalue weighted by molar-refractivity contribution is -0.123. The molecule has 166 valence electrons. The number of Topliss-reactive ketones (excluding diaryl/α,β-unsaturated/α-hetero) is 1. The van der Waals surface area contributed by atoms with E-state index in [1.54, 1.807) is 24.6 Å². The van der Waals surface area contributed by atoms with E-state index < -0.39 is 5.41 Å². The van der Waals surface area contributed by atoms with Crippen molar-refractivity contribution in [3.63, 3.8) is 0 Å². The Bertz CT molecular complexity index is 1360. The standard InChI is InChI=1S/C26H24N4O3/c1-17(31)19-9-6-10-20(15-19)21-11-12-22(33-2)23-28-24(29-30(21)23)26(13-14-26)25(32)27-16-18-7-4-3-5-8-18/h3-12,15H,13-14,16H2,1-2H3,(H,27,32). The minimum atomic E-state index is -0.732. The summed E-state index contributed by atoms with van der Waals surface area (Å²) in [7, 11) is 1.58. The second kappa shape index (κ2) is 8.16. The lowest BCUT2D eigenvalue weighted by Crippen LogP contribution is -2.35. The van der Waals surface area contributed by atoms with Gasteiger partial charge >= 0.3 is 0 Å². The predicted molar refractivity (Wildman–Crippen MR) is 124 cm³/mol. The lowest BCUT2D eigenvalue weighted by atomic mass is 10.1. The smallest absolute Gasteiger partial charge is 0.234 e. The minimum absolute atomic E-state index is 0.00657. The predicted octanol–water partition coefficient (Wildman–Crippen LogP) is 3.96. The van der Waals surface area contributed by atoms with Gasteiger partial charge in [0.05, 0.1) is 12.8 Å². The van der Waals surface area contributed by atoms with Gasteiger partial charge in [0, 0.05) is 17.7 Å². The SMILES string of the molecule is COc1ccc(-c2cccc(C(C)=O)c2)n2nc(C3(C(=O)NCc4ccccc4)CC3)nc12. The molecule has 1 saturated carbocycles. The Morgan fingerprint density at radius 3 is 2.55 bits per heavy atom. The molecular weight excluding hydrogens is 416 g/mol. The summed E-state index contributed by atoms with van der Waals surface area (Å²) in [6.45, 7) is 2.00. The molecule has 1 aliphatic carbocycles. The van der Waals surface area contributed by atoms with E-state index in [-0.39, 0.29) is 11.7 Å². The molecule has 1 amide bonds.